The average molecular weight is 163 g/mol. The van der Waals surface area contributed by atoms with Gasteiger partial charge in [0, 0.05) is 7.05 Å². The highest BCUT2D eigenvalue weighted by molar-refractivity contribution is 5.81. The molecule has 0 bridgehead atoms. The van der Waals surface area contributed by atoms with Crippen LogP contribution in [0.2, 0.25) is 0 Å². The van der Waals surface area contributed by atoms with E-state index in [2.05, 4.69) is 17.2 Å². The first kappa shape index (κ1) is 8.46. The predicted molar refractivity (Wildman–Crippen MR) is 54.2 cm³/mol. The van der Waals surface area contributed by atoms with Crippen molar-refractivity contribution in [1.82, 2.24) is 0 Å². The summed E-state index contributed by atoms with van der Waals surface area (Å²) in [6.45, 7) is 3.58. The van der Waals surface area contributed by atoms with Crippen LogP contribution in [0, 0.1) is 0 Å². The molecule has 0 saturated carbocycles. The summed E-state index contributed by atoms with van der Waals surface area (Å²) >= 11 is 0. The zero-order valence-corrected chi connectivity index (χ0v) is 7.09. The number of anilines is 3. The van der Waals surface area contributed by atoms with Crippen molar-refractivity contribution >= 4 is 17.1 Å². The highest BCUT2D eigenvalue weighted by Crippen LogP contribution is 2.27. The summed E-state index contributed by atoms with van der Waals surface area (Å²) in [5.74, 6) is 0. The minimum atomic E-state index is 0.710. The van der Waals surface area contributed by atoms with E-state index in [9.17, 15) is 0 Å². The number of nitrogens with two attached hydrogens (primary N) is 1. The largest absolute Gasteiger partial charge is 0.397 e. The molecule has 0 aromatic heterocycles. The molecule has 0 unspecified atom stereocenters. The maximum Gasteiger partial charge on any atom is 0.0848 e. The first-order chi connectivity index (χ1) is 5.79. The van der Waals surface area contributed by atoms with Gasteiger partial charge in [0.25, 0.3) is 0 Å². The molecule has 0 aliphatic rings. The first-order valence-corrected chi connectivity index (χ1v) is 3.73. The van der Waals surface area contributed by atoms with Gasteiger partial charge in [-0.25, -0.2) is 0 Å². The molecule has 0 amide bonds. The molecule has 0 radical (unpaired) electrons. The minimum Gasteiger partial charge on any atom is -0.397 e. The lowest BCUT2D eigenvalue weighted by Crippen LogP contribution is -1.99. The molecular weight excluding hydrogens is 150 g/mol. The lowest BCUT2D eigenvalue weighted by molar-refractivity contribution is 1.48. The van der Waals surface area contributed by atoms with Gasteiger partial charge in [0.2, 0.25) is 0 Å². The van der Waals surface area contributed by atoms with Crippen LogP contribution in [0.15, 0.2) is 31.0 Å². The third-order valence-corrected chi connectivity index (χ3v) is 1.61. The van der Waals surface area contributed by atoms with Gasteiger partial charge in [-0.2, -0.15) is 0 Å². The van der Waals surface area contributed by atoms with Crippen LogP contribution >= 0.6 is 0 Å². The van der Waals surface area contributed by atoms with Crippen molar-refractivity contribution in [2.45, 2.75) is 0 Å². The van der Waals surface area contributed by atoms with E-state index < -0.39 is 0 Å². The van der Waals surface area contributed by atoms with Crippen molar-refractivity contribution < 1.29 is 0 Å². The van der Waals surface area contributed by atoms with Crippen LogP contribution in [0.5, 0.6) is 0 Å². The Labute approximate surface area is 72.3 Å². The first-order valence-electron chi connectivity index (χ1n) is 3.73. The third kappa shape index (κ3) is 1.50. The molecule has 3 nitrogen and oxygen atoms in total. The number of nitrogen functional groups attached to an aromatic ring is 1. The Kier molecular flexibility index (Phi) is 2.58. The monoisotopic (exact) mass is 163 g/mol. The van der Waals surface area contributed by atoms with Gasteiger partial charge in [-0.1, -0.05) is 12.6 Å². The van der Waals surface area contributed by atoms with E-state index in [-0.39, 0.29) is 0 Å². The van der Waals surface area contributed by atoms with Crippen molar-refractivity contribution in [2.75, 3.05) is 23.4 Å². The second-order valence-electron chi connectivity index (χ2n) is 2.37. The third-order valence-electron chi connectivity index (χ3n) is 1.61. The van der Waals surface area contributed by atoms with Crippen LogP contribution in [-0.2, 0) is 0 Å². The van der Waals surface area contributed by atoms with Gasteiger partial charge in [0.15, 0.2) is 0 Å². The van der Waals surface area contributed by atoms with E-state index >= 15 is 0 Å². The molecule has 0 heterocycles. The van der Waals surface area contributed by atoms with Crippen molar-refractivity contribution in [2.24, 2.45) is 0 Å². The number of para-hydroxylation sites is 1. The molecule has 0 spiro atoms. The lowest BCUT2D eigenvalue weighted by atomic mass is 10.2. The molecule has 0 aliphatic heterocycles. The Morgan fingerprint density at radius 3 is 2.83 bits per heavy atom. The molecule has 64 valence electrons. The van der Waals surface area contributed by atoms with Gasteiger partial charge >= 0.3 is 0 Å². The van der Waals surface area contributed by atoms with Crippen LogP contribution in [0.3, 0.4) is 0 Å². The Morgan fingerprint density at radius 1 is 1.50 bits per heavy atom. The van der Waals surface area contributed by atoms with Crippen LogP contribution in [0.4, 0.5) is 17.1 Å². The fraction of sp³-hybridized carbons (Fsp3) is 0.111. The lowest BCUT2D eigenvalue weighted by Gasteiger charge is -2.10. The number of benzene rings is 1. The zero-order valence-electron chi connectivity index (χ0n) is 7.09. The van der Waals surface area contributed by atoms with E-state index in [0.717, 1.165) is 11.4 Å². The highest BCUT2D eigenvalue weighted by Gasteiger charge is 2.01. The number of hydrogen-bond acceptors (Lipinski definition) is 3. The van der Waals surface area contributed by atoms with Crippen molar-refractivity contribution in [1.29, 1.82) is 0 Å². The van der Waals surface area contributed by atoms with Crippen LogP contribution in [0.1, 0.15) is 0 Å². The molecule has 0 saturated heterocycles. The molecule has 1 rings (SSSR count). The molecule has 1 aromatic rings. The standard InChI is InChI=1S/C9H13N3/c1-3-12-9-7(10)5-4-6-8(9)11-2/h3-6,11-12H,1,10H2,2H3. The number of hydrogen-bond donors (Lipinski definition) is 3. The second-order valence-corrected chi connectivity index (χ2v) is 2.37. The predicted octanol–water partition coefficient (Wildman–Crippen LogP) is 1.87. The smallest absolute Gasteiger partial charge is 0.0848 e. The topological polar surface area (TPSA) is 50.1 Å². The van der Waals surface area contributed by atoms with Crippen LogP contribution < -0.4 is 16.4 Å². The van der Waals surface area contributed by atoms with E-state index in [1.54, 1.807) is 6.20 Å². The maximum atomic E-state index is 5.73. The summed E-state index contributed by atoms with van der Waals surface area (Å²) in [5, 5.41) is 6.00. The molecule has 0 aliphatic carbocycles. The molecule has 3 heteroatoms. The Balaban J connectivity index is 3.10. The van der Waals surface area contributed by atoms with Gasteiger partial charge < -0.3 is 16.4 Å². The molecule has 0 fully saturated rings. The summed E-state index contributed by atoms with van der Waals surface area (Å²) in [7, 11) is 1.85. The van der Waals surface area contributed by atoms with E-state index in [4.69, 9.17) is 5.73 Å². The Morgan fingerprint density at radius 2 is 2.25 bits per heavy atom. The van der Waals surface area contributed by atoms with E-state index in [1.807, 2.05) is 25.2 Å². The zero-order chi connectivity index (χ0) is 8.97. The average Bonchev–Trinajstić information content (AvgIpc) is 2.09. The molecule has 4 N–H and O–H groups in total. The summed E-state index contributed by atoms with van der Waals surface area (Å²) in [6, 6.07) is 5.68. The van der Waals surface area contributed by atoms with Gasteiger partial charge in [-0.15, -0.1) is 0 Å². The quantitative estimate of drug-likeness (QED) is 0.596. The SMILES string of the molecule is C=CNc1c(N)cccc1NC. The highest BCUT2D eigenvalue weighted by atomic mass is 14.9. The second kappa shape index (κ2) is 3.67. The van der Waals surface area contributed by atoms with Gasteiger partial charge in [0.1, 0.15) is 0 Å². The maximum absolute atomic E-state index is 5.73. The van der Waals surface area contributed by atoms with Crippen LogP contribution in [-0.4, -0.2) is 7.05 Å². The number of rotatable bonds is 3. The fourth-order valence-electron chi connectivity index (χ4n) is 1.04. The summed E-state index contributed by atoms with van der Waals surface area (Å²) in [4.78, 5) is 0. The minimum absolute atomic E-state index is 0.710. The van der Waals surface area contributed by atoms with Crippen molar-refractivity contribution in [3.05, 3.63) is 31.0 Å². The van der Waals surface area contributed by atoms with E-state index in [1.165, 1.54) is 0 Å². The normalized spacial score (nSPS) is 9.08. The van der Waals surface area contributed by atoms with Gasteiger partial charge in [0.05, 0.1) is 17.1 Å². The summed E-state index contributed by atoms with van der Waals surface area (Å²) < 4.78 is 0. The molecule has 12 heavy (non-hydrogen) atoms. The molecule has 0 atom stereocenters. The summed E-state index contributed by atoms with van der Waals surface area (Å²) in [6.07, 6.45) is 1.60. The van der Waals surface area contributed by atoms with E-state index in [0.29, 0.717) is 5.69 Å². The summed E-state index contributed by atoms with van der Waals surface area (Å²) in [5.41, 5.74) is 8.28. The number of nitrogens with one attached hydrogen (secondary N) is 2. The molecular formula is C9H13N3. The van der Waals surface area contributed by atoms with Gasteiger partial charge in [-0.3, -0.25) is 0 Å². The Bertz CT molecular complexity index is 281. The van der Waals surface area contributed by atoms with Crippen molar-refractivity contribution in [3.63, 3.8) is 0 Å². The van der Waals surface area contributed by atoms with Gasteiger partial charge in [-0.05, 0) is 18.3 Å². The fourth-order valence-corrected chi connectivity index (χ4v) is 1.04. The van der Waals surface area contributed by atoms with Crippen LogP contribution in [0.25, 0.3) is 0 Å². The van der Waals surface area contributed by atoms with Crippen molar-refractivity contribution in [3.8, 4) is 0 Å². The molecule has 1 aromatic carbocycles. The Hall–Kier alpha value is -1.64.